The molecule has 28 heavy (non-hydrogen) atoms. The Labute approximate surface area is 169 Å². The molecular formula is C20H25N7S. The second kappa shape index (κ2) is 8.12. The van der Waals surface area contributed by atoms with Crippen LogP contribution in [0.1, 0.15) is 12.7 Å². The number of benzene rings is 1. The van der Waals surface area contributed by atoms with Gasteiger partial charge in [0, 0.05) is 44.1 Å². The lowest BCUT2D eigenvalue weighted by molar-refractivity contribution is 0.270. The first-order chi connectivity index (χ1) is 13.6. The summed E-state index contributed by atoms with van der Waals surface area (Å²) in [6.07, 6.45) is 1.87. The Morgan fingerprint density at radius 1 is 1.11 bits per heavy atom. The molecule has 0 saturated carbocycles. The van der Waals surface area contributed by atoms with E-state index >= 15 is 0 Å². The van der Waals surface area contributed by atoms with Crippen LogP contribution < -0.4 is 16.0 Å². The number of piperazine rings is 1. The number of nitrogens with zero attached hydrogens (tertiary/aromatic N) is 5. The van der Waals surface area contributed by atoms with Crippen LogP contribution in [-0.4, -0.2) is 52.6 Å². The van der Waals surface area contributed by atoms with Crippen LogP contribution in [0.5, 0.6) is 0 Å². The average Bonchev–Trinajstić information content (AvgIpc) is 3.16. The lowest BCUT2D eigenvalue weighted by atomic mass is 10.2. The molecule has 0 bridgehead atoms. The largest absolute Gasteiger partial charge is 0.399 e. The van der Waals surface area contributed by atoms with Crippen molar-refractivity contribution in [2.24, 2.45) is 0 Å². The van der Waals surface area contributed by atoms with Crippen LogP contribution in [0.2, 0.25) is 0 Å². The van der Waals surface area contributed by atoms with Crippen molar-refractivity contribution in [1.29, 1.82) is 0 Å². The van der Waals surface area contributed by atoms with Gasteiger partial charge in [0.1, 0.15) is 17.5 Å². The fourth-order valence-electron chi connectivity index (χ4n) is 3.29. The molecule has 1 aromatic carbocycles. The molecule has 1 saturated heterocycles. The zero-order valence-electron chi connectivity index (χ0n) is 16.2. The highest BCUT2D eigenvalue weighted by molar-refractivity contribution is 7.18. The van der Waals surface area contributed by atoms with Crippen molar-refractivity contribution in [3.63, 3.8) is 0 Å². The van der Waals surface area contributed by atoms with Gasteiger partial charge in [-0.15, -0.1) is 0 Å². The Hall–Kier alpha value is -2.71. The van der Waals surface area contributed by atoms with Gasteiger partial charge in [0.25, 0.3) is 0 Å². The van der Waals surface area contributed by atoms with Gasteiger partial charge in [-0.2, -0.15) is 0 Å². The Morgan fingerprint density at radius 3 is 2.57 bits per heavy atom. The number of aryl methyl sites for hydroxylation is 1. The van der Waals surface area contributed by atoms with E-state index in [0.717, 1.165) is 71.4 Å². The molecule has 146 valence electrons. The highest BCUT2D eigenvalue weighted by Crippen LogP contribution is 2.31. The number of hydrogen-bond acceptors (Lipinski definition) is 8. The summed E-state index contributed by atoms with van der Waals surface area (Å²) in [5.74, 6) is 2.51. The van der Waals surface area contributed by atoms with Gasteiger partial charge in [0.2, 0.25) is 0 Å². The molecule has 3 N–H and O–H groups in total. The molecule has 0 radical (unpaired) electrons. The second-order valence-corrected chi connectivity index (χ2v) is 7.89. The SMILES string of the molecule is CCN1CCN(c2cc(Nc3ncc(-c4ccc(N)cc4)s3)nc(C)n2)CC1. The summed E-state index contributed by atoms with van der Waals surface area (Å²) in [6.45, 7) is 9.35. The van der Waals surface area contributed by atoms with Crippen molar-refractivity contribution in [2.45, 2.75) is 13.8 Å². The van der Waals surface area contributed by atoms with Crippen molar-refractivity contribution in [1.82, 2.24) is 19.9 Å². The monoisotopic (exact) mass is 395 g/mol. The predicted molar refractivity (Wildman–Crippen MR) is 116 cm³/mol. The number of anilines is 4. The Bertz CT molecular complexity index is 930. The second-order valence-electron chi connectivity index (χ2n) is 6.86. The zero-order valence-corrected chi connectivity index (χ0v) is 17.0. The van der Waals surface area contributed by atoms with Gasteiger partial charge < -0.3 is 20.9 Å². The molecule has 7 nitrogen and oxygen atoms in total. The molecule has 2 aromatic heterocycles. The summed E-state index contributed by atoms with van der Waals surface area (Å²) < 4.78 is 0. The third kappa shape index (κ3) is 4.23. The summed E-state index contributed by atoms with van der Waals surface area (Å²) in [6, 6.07) is 9.84. The van der Waals surface area contributed by atoms with E-state index in [1.54, 1.807) is 11.3 Å². The predicted octanol–water partition coefficient (Wildman–Crippen LogP) is 3.38. The molecule has 0 amide bonds. The molecule has 0 atom stereocenters. The van der Waals surface area contributed by atoms with E-state index in [4.69, 9.17) is 5.73 Å². The van der Waals surface area contributed by atoms with Crippen molar-refractivity contribution in [3.05, 3.63) is 42.4 Å². The van der Waals surface area contributed by atoms with E-state index in [0.29, 0.717) is 0 Å². The van der Waals surface area contributed by atoms with Crippen LogP contribution in [0.25, 0.3) is 10.4 Å². The minimum atomic E-state index is 0.758. The topological polar surface area (TPSA) is 83.2 Å². The van der Waals surface area contributed by atoms with Gasteiger partial charge >= 0.3 is 0 Å². The van der Waals surface area contributed by atoms with E-state index < -0.39 is 0 Å². The first-order valence-corrected chi connectivity index (χ1v) is 10.3. The molecule has 0 spiro atoms. The fourth-order valence-corrected chi connectivity index (χ4v) is 4.12. The number of rotatable bonds is 5. The Kier molecular flexibility index (Phi) is 5.40. The van der Waals surface area contributed by atoms with Crippen molar-refractivity contribution in [2.75, 3.05) is 48.7 Å². The van der Waals surface area contributed by atoms with E-state index in [-0.39, 0.29) is 0 Å². The van der Waals surface area contributed by atoms with Crippen LogP contribution in [0.4, 0.5) is 22.5 Å². The normalized spacial score (nSPS) is 15.0. The lowest BCUT2D eigenvalue weighted by Gasteiger charge is -2.34. The Balaban J connectivity index is 1.49. The number of aromatic nitrogens is 3. The first-order valence-electron chi connectivity index (χ1n) is 9.52. The number of hydrogen-bond donors (Lipinski definition) is 2. The Morgan fingerprint density at radius 2 is 1.86 bits per heavy atom. The van der Waals surface area contributed by atoms with Crippen LogP contribution in [0.15, 0.2) is 36.5 Å². The van der Waals surface area contributed by atoms with Gasteiger partial charge in [-0.3, -0.25) is 0 Å². The molecule has 3 aromatic rings. The molecule has 0 aliphatic carbocycles. The summed E-state index contributed by atoms with van der Waals surface area (Å²) in [7, 11) is 0. The first kappa shape index (κ1) is 18.6. The molecule has 1 aliphatic heterocycles. The van der Waals surface area contributed by atoms with Gasteiger partial charge in [-0.1, -0.05) is 30.4 Å². The van der Waals surface area contributed by atoms with Crippen LogP contribution in [-0.2, 0) is 0 Å². The van der Waals surface area contributed by atoms with Gasteiger partial charge in [0.05, 0.1) is 4.88 Å². The number of nitrogen functional groups attached to an aromatic ring is 1. The fraction of sp³-hybridized carbons (Fsp3) is 0.350. The lowest BCUT2D eigenvalue weighted by Crippen LogP contribution is -2.46. The highest BCUT2D eigenvalue weighted by Gasteiger charge is 2.18. The molecule has 8 heteroatoms. The quantitative estimate of drug-likeness (QED) is 0.641. The van der Waals surface area contributed by atoms with E-state index in [9.17, 15) is 0 Å². The number of thiazole rings is 1. The molecular weight excluding hydrogens is 370 g/mol. The maximum atomic E-state index is 5.77. The minimum absolute atomic E-state index is 0.758. The average molecular weight is 396 g/mol. The van der Waals surface area contributed by atoms with Crippen molar-refractivity contribution >= 4 is 33.8 Å². The zero-order chi connectivity index (χ0) is 19.5. The smallest absolute Gasteiger partial charge is 0.188 e. The van der Waals surface area contributed by atoms with E-state index in [1.807, 2.05) is 43.5 Å². The minimum Gasteiger partial charge on any atom is -0.399 e. The molecule has 0 unspecified atom stereocenters. The highest BCUT2D eigenvalue weighted by atomic mass is 32.1. The maximum absolute atomic E-state index is 5.77. The van der Waals surface area contributed by atoms with E-state index in [1.165, 1.54) is 0 Å². The summed E-state index contributed by atoms with van der Waals surface area (Å²) in [5, 5.41) is 4.15. The molecule has 1 fully saturated rings. The number of nitrogens with two attached hydrogens (primary N) is 1. The molecule has 3 heterocycles. The van der Waals surface area contributed by atoms with Crippen LogP contribution >= 0.6 is 11.3 Å². The van der Waals surface area contributed by atoms with Gasteiger partial charge in [0.15, 0.2) is 5.13 Å². The third-order valence-electron chi connectivity index (χ3n) is 4.90. The maximum Gasteiger partial charge on any atom is 0.188 e. The summed E-state index contributed by atoms with van der Waals surface area (Å²) >= 11 is 1.59. The summed E-state index contributed by atoms with van der Waals surface area (Å²) in [4.78, 5) is 19.5. The molecule has 4 rings (SSSR count). The van der Waals surface area contributed by atoms with Crippen LogP contribution in [0.3, 0.4) is 0 Å². The van der Waals surface area contributed by atoms with Gasteiger partial charge in [-0.25, -0.2) is 15.0 Å². The van der Waals surface area contributed by atoms with E-state index in [2.05, 4.69) is 37.0 Å². The summed E-state index contributed by atoms with van der Waals surface area (Å²) in [5.41, 5.74) is 7.64. The molecule has 1 aliphatic rings. The third-order valence-corrected chi connectivity index (χ3v) is 5.87. The van der Waals surface area contributed by atoms with Crippen molar-refractivity contribution < 1.29 is 0 Å². The number of nitrogens with one attached hydrogen (secondary N) is 1. The number of likely N-dealkylation sites (N-methyl/N-ethyl adjacent to an activating group) is 1. The van der Waals surface area contributed by atoms with Gasteiger partial charge in [-0.05, 0) is 31.2 Å². The van der Waals surface area contributed by atoms with Crippen LogP contribution in [0, 0.1) is 6.92 Å². The van der Waals surface area contributed by atoms with Crippen molar-refractivity contribution in [3.8, 4) is 10.4 Å². The standard InChI is InChI=1S/C20H25N7S/c1-3-26-8-10-27(11-9-26)19-12-18(23-14(2)24-19)25-20-22-13-17(28-20)15-4-6-16(21)7-5-15/h4-7,12-13H,3,8-11,21H2,1-2H3,(H,22,23,24,25).